The number of aromatic nitrogens is 2. The van der Waals surface area contributed by atoms with Crippen LogP contribution in [0.3, 0.4) is 0 Å². The highest BCUT2D eigenvalue weighted by Gasteiger charge is 2.12. The maximum atomic E-state index is 11.4. The monoisotopic (exact) mass is 210 g/mol. The number of rotatable bonds is 3. The zero-order valence-corrected chi connectivity index (χ0v) is 10.00. The number of carbonyl (C=O) groups excluding carboxylic acids is 1. The van der Waals surface area contributed by atoms with Gasteiger partial charge in [-0.2, -0.15) is 5.10 Å². The van der Waals surface area contributed by atoms with Crippen LogP contribution in [0.5, 0.6) is 0 Å². The smallest absolute Gasteiger partial charge is 0.328 e. The molecule has 0 radical (unpaired) electrons. The largest absolute Gasteiger partial charge is 0.462 e. The molecule has 1 rings (SSSR count). The number of ether oxygens (including phenoxy) is 1. The first kappa shape index (κ1) is 11.8. The van der Waals surface area contributed by atoms with Gasteiger partial charge < -0.3 is 4.74 Å². The molecule has 0 aliphatic carbocycles. The third-order valence-corrected chi connectivity index (χ3v) is 2.39. The molecule has 1 aromatic heterocycles. The summed E-state index contributed by atoms with van der Waals surface area (Å²) in [5, 5.41) is 4.27. The van der Waals surface area contributed by atoms with E-state index < -0.39 is 0 Å². The fraction of sp³-hybridized carbons (Fsp3) is 0.636. The summed E-state index contributed by atoms with van der Waals surface area (Å²) in [5.41, 5.74) is 3.12. The first-order chi connectivity index (χ1) is 6.91. The highest BCUT2D eigenvalue weighted by Crippen LogP contribution is 2.10. The zero-order chi connectivity index (χ0) is 11.6. The molecule has 0 spiro atoms. The Morgan fingerprint density at radius 1 is 1.40 bits per heavy atom. The normalized spacial score (nSPS) is 10.8. The third kappa shape index (κ3) is 2.81. The van der Waals surface area contributed by atoms with Crippen LogP contribution in [-0.2, 0) is 16.1 Å². The van der Waals surface area contributed by atoms with Gasteiger partial charge in [0.05, 0.1) is 11.8 Å². The molecule has 4 nitrogen and oxygen atoms in total. The molecule has 0 saturated heterocycles. The number of esters is 1. The average molecular weight is 210 g/mol. The molecule has 0 bridgehead atoms. The van der Waals surface area contributed by atoms with Crippen molar-refractivity contribution in [1.82, 2.24) is 9.78 Å². The molecule has 0 unspecified atom stereocenters. The van der Waals surface area contributed by atoms with Crippen molar-refractivity contribution in [2.75, 3.05) is 0 Å². The molecule has 4 heteroatoms. The lowest BCUT2D eigenvalue weighted by molar-refractivity contribution is -0.148. The predicted molar refractivity (Wildman–Crippen MR) is 57.7 cm³/mol. The van der Waals surface area contributed by atoms with E-state index in [1.165, 1.54) is 0 Å². The maximum absolute atomic E-state index is 11.4. The van der Waals surface area contributed by atoms with E-state index in [1.807, 2.05) is 34.6 Å². The Hall–Kier alpha value is -1.32. The van der Waals surface area contributed by atoms with E-state index in [2.05, 4.69) is 5.10 Å². The standard InChI is InChI=1S/C11H18N2O2/c1-7(2)15-11(14)6-13-10(5)8(3)9(4)12-13/h7H,6H2,1-5H3. The molecule has 0 amide bonds. The van der Waals surface area contributed by atoms with Crippen molar-refractivity contribution in [2.45, 2.75) is 47.3 Å². The Kier molecular flexibility index (Phi) is 3.50. The van der Waals surface area contributed by atoms with Crippen molar-refractivity contribution in [3.05, 3.63) is 17.0 Å². The van der Waals surface area contributed by atoms with E-state index in [4.69, 9.17) is 4.74 Å². The Morgan fingerprint density at radius 2 is 2.00 bits per heavy atom. The van der Waals surface area contributed by atoms with Gasteiger partial charge in [-0.3, -0.25) is 9.48 Å². The van der Waals surface area contributed by atoms with Crippen molar-refractivity contribution in [3.63, 3.8) is 0 Å². The molecule has 0 fully saturated rings. The number of carbonyl (C=O) groups is 1. The van der Waals surface area contributed by atoms with Crippen LogP contribution in [0, 0.1) is 20.8 Å². The topological polar surface area (TPSA) is 44.1 Å². The third-order valence-electron chi connectivity index (χ3n) is 2.39. The van der Waals surface area contributed by atoms with Crippen LogP contribution in [0.4, 0.5) is 0 Å². The summed E-state index contributed by atoms with van der Waals surface area (Å²) in [4.78, 5) is 11.4. The minimum absolute atomic E-state index is 0.0736. The molecule has 84 valence electrons. The average Bonchev–Trinajstić information content (AvgIpc) is 2.32. The molecule has 0 N–H and O–H groups in total. The summed E-state index contributed by atoms with van der Waals surface area (Å²) in [7, 11) is 0. The molecule has 1 heterocycles. The van der Waals surface area contributed by atoms with Gasteiger partial charge in [0, 0.05) is 5.69 Å². The summed E-state index contributed by atoms with van der Waals surface area (Å²) in [6.45, 7) is 9.76. The molecule has 0 aliphatic heterocycles. The van der Waals surface area contributed by atoms with Gasteiger partial charge in [0.15, 0.2) is 0 Å². The quantitative estimate of drug-likeness (QED) is 0.714. The summed E-state index contributed by atoms with van der Waals surface area (Å²) in [6.07, 6.45) is -0.0736. The van der Waals surface area contributed by atoms with Crippen molar-refractivity contribution in [1.29, 1.82) is 0 Å². The molecule has 0 atom stereocenters. The van der Waals surface area contributed by atoms with E-state index in [0.717, 1.165) is 17.0 Å². The second-order valence-corrected chi connectivity index (χ2v) is 3.99. The van der Waals surface area contributed by atoms with Crippen LogP contribution >= 0.6 is 0 Å². The SMILES string of the molecule is Cc1nn(CC(=O)OC(C)C)c(C)c1C. The lowest BCUT2D eigenvalue weighted by atomic mass is 10.2. The Labute approximate surface area is 90.2 Å². The van der Waals surface area contributed by atoms with E-state index in [9.17, 15) is 4.79 Å². The second-order valence-electron chi connectivity index (χ2n) is 3.99. The fourth-order valence-corrected chi connectivity index (χ4v) is 1.36. The fourth-order valence-electron chi connectivity index (χ4n) is 1.36. The van der Waals surface area contributed by atoms with Gasteiger partial charge in [-0.05, 0) is 40.2 Å². The first-order valence-electron chi connectivity index (χ1n) is 5.12. The lowest BCUT2D eigenvalue weighted by Gasteiger charge is -2.08. The van der Waals surface area contributed by atoms with Crippen LogP contribution in [0.15, 0.2) is 0 Å². The lowest BCUT2D eigenvalue weighted by Crippen LogP contribution is -2.19. The van der Waals surface area contributed by atoms with E-state index in [0.29, 0.717) is 0 Å². The number of hydrogen-bond acceptors (Lipinski definition) is 3. The van der Waals surface area contributed by atoms with E-state index in [1.54, 1.807) is 4.68 Å². The van der Waals surface area contributed by atoms with Crippen LogP contribution in [0.25, 0.3) is 0 Å². The second kappa shape index (κ2) is 4.47. The Bertz CT molecular complexity index is 367. The maximum Gasteiger partial charge on any atom is 0.328 e. The Morgan fingerprint density at radius 3 is 2.40 bits per heavy atom. The van der Waals surface area contributed by atoms with Crippen LogP contribution < -0.4 is 0 Å². The van der Waals surface area contributed by atoms with Gasteiger partial charge in [-0.15, -0.1) is 0 Å². The van der Waals surface area contributed by atoms with Crippen molar-refractivity contribution in [3.8, 4) is 0 Å². The van der Waals surface area contributed by atoms with E-state index in [-0.39, 0.29) is 18.6 Å². The first-order valence-corrected chi connectivity index (χ1v) is 5.12. The predicted octanol–water partition coefficient (Wildman–Crippen LogP) is 1.76. The zero-order valence-electron chi connectivity index (χ0n) is 10.00. The summed E-state index contributed by atoms with van der Waals surface area (Å²) in [5.74, 6) is -0.240. The van der Waals surface area contributed by atoms with Crippen molar-refractivity contribution >= 4 is 5.97 Å². The van der Waals surface area contributed by atoms with Gasteiger partial charge in [-0.25, -0.2) is 0 Å². The van der Waals surface area contributed by atoms with Crippen LogP contribution in [0.1, 0.15) is 30.8 Å². The number of hydrogen-bond donors (Lipinski definition) is 0. The molecular formula is C11H18N2O2. The molecule has 15 heavy (non-hydrogen) atoms. The van der Waals surface area contributed by atoms with Crippen LogP contribution in [-0.4, -0.2) is 21.9 Å². The molecule has 1 aromatic rings. The molecular weight excluding hydrogens is 192 g/mol. The van der Waals surface area contributed by atoms with Gasteiger partial charge in [0.25, 0.3) is 0 Å². The summed E-state index contributed by atoms with van der Waals surface area (Å²) >= 11 is 0. The molecule has 0 aromatic carbocycles. The minimum Gasteiger partial charge on any atom is -0.462 e. The van der Waals surface area contributed by atoms with Crippen LogP contribution in [0.2, 0.25) is 0 Å². The van der Waals surface area contributed by atoms with Gasteiger partial charge in [-0.1, -0.05) is 0 Å². The highest BCUT2D eigenvalue weighted by molar-refractivity contribution is 5.69. The highest BCUT2D eigenvalue weighted by atomic mass is 16.5. The molecule has 0 aliphatic rings. The van der Waals surface area contributed by atoms with Gasteiger partial charge in [0.2, 0.25) is 0 Å². The van der Waals surface area contributed by atoms with Crippen molar-refractivity contribution in [2.24, 2.45) is 0 Å². The summed E-state index contributed by atoms with van der Waals surface area (Å²) < 4.78 is 6.75. The van der Waals surface area contributed by atoms with E-state index >= 15 is 0 Å². The minimum atomic E-state index is -0.240. The Balaban J connectivity index is 2.73. The number of aryl methyl sites for hydroxylation is 1. The molecule has 0 saturated carbocycles. The summed E-state index contributed by atoms with van der Waals surface area (Å²) in [6, 6.07) is 0. The number of nitrogens with zero attached hydrogens (tertiary/aromatic N) is 2. The van der Waals surface area contributed by atoms with Crippen molar-refractivity contribution < 1.29 is 9.53 Å². The van der Waals surface area contributed by atoms with Gasteiger partial charge in [0.1, 0.15) is 6.54 Å². The van der Waals surface area contributed by atoms with Gasteiger partial charge >= 0.3 is 5.97 Å².